The number of thioether (sulfide) groups is 1. The quantitative estimate of drug-likeness (QED) is 0.690. The van der Waals surface area contributed by atoms with Crippen LogP contribution in [0.15, 0.2) is 48.5 Å². The van der Waals surface area contributed by atoms with Gasteiger partial charge in [0, 0.05) is 18.8 Å². The van der Waals surface area contributed by atoms with E-state index in [2.05, 4.69) is 5.32 Å². The van der Waals surface area contributed by atoms with Crippen LogP contribution in [0.3, 0.4) is 0 Å². The first-order chi connectivity index (χ1) is 13.4. The zero-order chi connectivity index (χ0) is 20.5. The Kier molecular flexibility index (Phi) is 8.44. The number of carbonyl (C=O) groups excluding carboxylic acids is 2. The number of nitrogens with zero attached hydrogens (tertiary/aromatic N) is 1. The lowest BCUT2D eigenvalue weighted by Crippen LogP contribution is -2.48. The van der Waals surface area contributed by atoms with Crippen LogP contribution >= 0.6 is 11.8 Å². The van der Waals surface area contributed by atoms with E-state index in [9.17, 15) is 18.4 Å². The van der Waals surface area contributed by atoms with Crippen LogP contribution in [0.5, 0.6) is 0 Å². The van der Waals surface area contributed by atoms with E-state index in [0.29, 0.717) is 17.9 Å². The van der Waals surface area contributed by atoms with Gasteiger partial charge in [-0.15, -0.1) is 11.8 Å². The molecule has 2 aromatic carbocycles. The molecule has 1 atom stereocenters. The number of hydrogen-bond donors (Lipinski definition) is 1. The Labute approximate surface area is 168 Å². The van der Waals surface area contributed by atoms with Crippen molar-refractivity contribution in [3.05, 3.63) is 71.3 Å². The average Bonchev–Trinajstić information content (AvgIpc) is 2.68. The van der Waals surface area contributed by atoms with Crippen LogP contribution < -0.4 is 5.32 Å². The van der Waals surface area contributed by atoms with Gasteiger partial charge >= 0.3 is 0 Å². The fourth-order valence-electron chi connectivity index (χ4n) is 2.64. The van der Waals surface area contributed by atoms with Crippen molar-refractivity contribution < 1.29 is 18.4 Å². The molecule has 0 aliphatic heterocycles. The summed E-state index contributed by atoms with van der Waals surface area (Å²) in [6, 6.07) is 11.6. The molecular weight excluding hydrogens is 382 g/mol. The van der Waals surface area contributed by atoms with Crippen LogP contribution in [0.25, 0.3) is 0 Å². The van der Waals surface area contributed by atoms with Crippen LogP contribution in [-0.4, -0.2) is 35.1 Å². The maximum Gasteiger partial charge on any atom is 0.242 e. The number of halogens is 2. The van der Waals surface area contributed by atoms with Crippen LogP contribution in [-0.2, 0) is 21.9 Å². The molecule has 7 heteroatoms. The van der Waals surface area contributed by atoms with E-state index in [0.717, 1.165) is 5.56 Å². The predicted molar refractivity (Wildman–Crippen MR) is 108 cm³/mol. The van der Waals surface area contributed by atoms with Crippen molar-refractivity contribution in [3.63, 3.8) is 0 Å². The normalized spacial score (nSPS) is 11.7. The number of benzene rings is 2. The molecule has 0 saturated heterocycles. The first-order valence-corrected chi connectivity index (χ1v) is 10.2. The monoisotopic (exact) mass is 406 g/mol. The Hall–Kier alpha value is -2.41. The minimum Gasteiger partial charge on any atom is -0.355 e. The molecule has 0 unspecified atom stereocenters. The maximum atomic E-state index is 13.7. The predicted octanol–water partition coefficient (Wildman–Crippen LogP) is 3.75. The molecule has 2 amide bonds. The SMILES string of the molecule is CCNC(=O)[C@@H](C)N(Cc1ccc(F)cc1)C(=O)CSCc1ccccc1F. The molecule has 0 aliphatic rings. The molecule has 0 fully saturated rings. The number of hydrogen-bond acceptors (Lipinski definition) is 3. The topological polar surface area (TPSA) is 49.4 Å². The molecule has 1 N–H and O–H groups in total. The van der Waals surface area contributed by atoms with Crippen molar-refractivity contribution in [2.24, 2.45) is 0 Å². The summed E-state index contributed by atoms with van der Waals surface area (Å²) in [4.78, 5) is 26.5. The number of rotatable bonds is 9. The lowest BCUT2D eigenvalue weighted by atomic mass is 10.1. The van der Waals surface area contributed by atoms with Gasteiger partial charge in [-0.1, -0.05) is 30.3 Å². The molecule has 2 aromatic rings. The summed E-state index contributed by atoms with van der Waals surface area (Å²) in [7, 11) is 0. The van der Waals surface area contributed by atoms with Gasteiger partial charge in [0.15, 0.2) is 0 Å². The van der Waals surface area contributed by atoms with Gasteiger partial charge in [0.25, 0.3) is 0 Å². The number of carbonyl (C=O) groups is 2. The number of likely N-dealkylation sites (N-methyl/N-ethyl adjacent to an activating group) is 1. The minimum atomic E-state index is -0.674. The van der Waals surface area contributed by atoms with Gasteiger partial charge in [-0.05, 0) is 43.2 Å². The Morgan fingerprint density at radius 3 is 2.43 bits per heavy atom. The standard InChI is InChI=1S/C21H24F2N2O2S/c1-3-24-21(27)15(2)25(12-16-8-10-18(22)11-9-16)20(26)14-28-13-17-6-4-5-7-19(17)23/h4-11,15H,3,12-14H2,1-2H3,(H,24,27)/t15-/m1/s1. The lowest BCUT2D eigenvalue weighted by molar-refractivity contribution is -0.138. The highest BCUT2D eigenvalue weighted by atomic mass is 32.2. The Bertz CT molecular complexity index is 799. The Morgan fingerprint density at radius 2 is 1.79 bits per heavy atom. The van der Waals surface area contributed by atoms with Gasteiger partial charge in [0.1, 0.15) is 17.7 Å². The van der Waals surface area contributed by atoms with E-state index in [1.54, 1.807) is 44.2 Å². The van der Waals surface area contributed by atoms with E-state index in [1.807, 2.05) is 0 Å². The molecule has 28 heavy (non-hydrogen) atoms. The van der Waals surface area contributed by atoms with Gasteiger partial charge in [0.2, 0.25) is 11.8 Å². The summed E-state index contributed by atoms with van der Waals surface area (Å²) in [6.45, 7) is 4.12. The number of nitrogens with one attached hydrogen (secondary N) is 1. The first-order valence-electron chi connectivity index (χ1n) is 9.05. The van der Waals surface area contributed by atoms with Crippen molar-refractivity contribution in [2.75, 3.05) is 12.3 Å². The third-order valence-corrected chi connectivity index (χ3v) is 5.19. The van der Waals surface area contributed by atoms with Crippen molar-refractivity contribution in [2.45, 2.75) is 32.2 Å². The summed E-state index contributed by atoms with van der Waals surface area (Å²) >= 11 is 1.29. The van der Waals surface area contributed by atoms with Crippen LogP contribution in [0, 0.1) is 11.6 Å². The maximum absolute atomic E-state index is 13.7. The smallest absolute Gasteiger partial charge is 0.242 e. The fraction of sp³-hybridized carbons (Fsp3) is 0.333. The van der Waals surface area contributed by atoms with Crippen LogP contribution in [0.4, 0.5) is 8.78 Å². The van der Waals surface area contributed by atoms with Gasteiger partial charge in [-0.3, -0.25) is 9.59 Å². The Morgan fingerprint density at radius 1 is 1.11 bits per heavy atom. The minimum absolute atomic E-state index is 0.110. The summed E-state index contributed by atoms with van der Waals surface area (Å²) in [6.07, 6.45) is 0. The molecule has 2 rings (SSSR count). The molecule has 0 heterocycles. The van der Waals surface area contributed by atoms with Crippen LogP contribution in [0.1, 0.15) is 25.0 Å². The zero-order valence-corrected chi connectivity index (χ0v) is 16.8. The molecule has 0 aliphatic carbocycles. The lowest BCUT2D eigenvalue weighted by Gasteiger charge is -2.28. The van der Waals surface area contributed by atoms with Gasteiger partial charge in [-0.25, -0.2) is 8.78 Å². The van der Waals surface area contributed by atoms with E-state index in [-0.39, 0.29) is 35.7 Å². The van der Waals surface area contributed by atoms with Gasteiger partial charge in [-0.2, -0.15) is 0 Å². The second-order valence-electron chi connectivity index (χ2n) is 6.30. The summed E-state index contributed by atoms with van der Waals surface area (Å²) in [5, 5.41) is 2.72. The third kappa shape index (κ3) is 6.34. The number of amides is 2. The second kappa shape index (κ2) is 10.8. The van der Waals surface area contributed by atoms with Crippen molar-refractivity contribution >= 4 is 23.6 Å². The molecular formula is C21H24F2N2O2S. The molecule has 0 spiro atoms. The first kappa shape index (κ1) is 21.9. The molecule has 0 radical (unpaired) electrons. The largest absolute Gasteiger partial charge is 0.355 e. The van der Waals surface area contributed by atoms with E-state index >= 15 is 0 Å². The third-order valence-electron chi connectivity index (χ3n) is 4.23. The molecule has 150 valence electrons. The van der Waals surface area contributed by atoms with Crippen molar-refractivity contribution in [1.82, 2.24) is 10.2 Å². The van der Waals surface area contributed by atoms with Crippen molar-refractivity contribution in [1.29, 1.82) is 0 Å². The van der Waals surface area contributed by atoms with E-state index < -0.39 is 6.04 Å². The molecule has 0 aromatic heterocycles. The Balaban J connectivity index is 2.05. The summed E-state index contributed by atoms with van der Waals surface area (Å²) < 4.78 is 26.9. The molecule has 4 nitrogen and oxygen atoms in total. The highest BCUT2D eigenvalue weighted by Crippen LogP contribution is 2.18. The van der Waals surface area contributed by atoms with Gasteiger partial charge in [0.05, 0.1) is 5.75 Å². The van der Waals surface area contributed by atoms with E-state index in [1.165, 1.54) is 34.9 Å². The molecule has 0 saturated carbocycles. The van der Waals surface area contributed by atoms with Gasteiger partial charge < -0.3 is 10.2 Å². The fourth-order valence-corrected chi connectivity index (χ4v) is 3.53. The average molecular weight is 406 g/mol. The van der Waals surface area contributed by atoms with E-state index in [4.69, 9.17) is 0 Å². The summed E-state index contributed by atoms with van der Waals surface area (Å²) in [5.41, 5.74) is 1.26. The summed E-state index contributed by atoms with van der Waals surface area (Å²) in [5.74, 6) is -0.681. The second-order valence-corrected chi connectivity index (χ2v) is 7.29. The van der Waals surface area contributed by atoms with Crippen molar-refractivity contribution in [3.8, 4) is 0 Å². The molecule has 0 bridgehead atoms. The highest BCUT2D eigenvalue weighted by molar-refractivity contribution is 7.99. The zero-order valence-electron chi connectivity index (χ0n) is 16.0. The highest BCUT2D eigenvalue weighted by Gasteiger charge is 2.25. The van der Waals surface area contributed by atoms with Crippen LogP contribution in [0.2, 0.25) is 0 Å².